The largest absolute Gasteiger partial charge is 0.512 e. The lowest BCUT2D eigenvalue weighted by Gasteiger charge is -2.11. The molecule has 0 aromatic rings. The van der Waals surface area contributed by atoms with E-state index in [1.54, 1.807) is 0 Å². The average molecular weight is 352 g/mol. The molecule has 1 heterocycles. The summed E-state index contributed by atoms with van der Waals surface area (Å²) < 4.78 is 108. The number of alkyl halides is 6. The Hall–Kier alpha value is -0.600. The molecular weight excluding hydrogens is 342 g/mol. The van der Waals surface area contributed by atoms with Gasteiger partial charge in [-0.05, 0) is 25.9 Å². The van der Waals surface area contributed by atoms with Crippen molar-refractivity contribution < 1.29 is 43.2 Å². The van der Waals surface area contributed by atoms with Gasteiger partial charge in [0, 0.05) is 0 Å². The van der Waals surface area contributed by atoms with Gasteiger partial charge in [0.2, 0.25) is 0 Å². The van der Waals surface area contributed by atoms with Crippen LogP contribution in [0.3, 0.4) is 0 Å². The van der Waals surface area contributed by atoms with Gasteiger partial charge in [0.15, 0.2) is 0 Å². The van der Waals surface area contributed by atoms with E-state index in [2.05, 4.69) is 5.32 Å². The first-order valence-electron chi connectivity index (χ1n) is 4.82. The minimum absolute atomic E-state index is 0.493. The summed E-state index contributed by atoms with van der Waals surface area (Å²) in [5.74, 6) is 0. The van der Waals surface area contributed by atoms with Gasteiger partial charge in [-0.2, -0.15) is 26.3 Å². The highest BCUT2D eigenvalue weighted by Gasteiger charge is 2.55. The quantitative estimate of drug-likeness (QED) is 0.712. The number of rotatable bonds is 2. The molecule has 1 aliphatic heterocycles. The number of nitrogens with one attached hydrogen (secondary N) is 2. The molecule has 122 valence electrons. The van der Waals surface area contributed by atoms with Gasteiger partial charge in [0.25, 0.3) is 0 Å². The zero-order chi connectivity index (χ0) is 16.2. The summed E-state index contributed by atoms with van der Waals surface area (Å²) >= 11 is 0. The van der Waals surface area contributed by atoms with Gasteiger partial charge in [-0.1, -0.05) is 4.13 Å². The first kappa shape index (κ1) is 19.4. The van der Waals surface area contributed by atoms with Crippen LogP contribution in [0.25, 0.3) is 0 Å². The fourth-order valence-electron chi connectivity index (χ4n) is 0.864. The van der Waals surface area contributed by atoms with E-state index in [0.29, 0.717) is 0 Å². The van der Waals surface area contributed by atoms with E-state index in [9.17, 15) is 43.2 Å². The van der Waals surface area contributed by atoms with Gasteiger partial charge in [0.05, 0.1) is 0 Å². The molecule has 2 N–H and O–H groups in total. The van der Waals surface area contributed by atoms with E-state index in [-0.39, 0.29) is 0 Å². The molecule has 0 atom stereocenters. The zero-order valence-corrected chi connectivity index (χ0v) is 11.2. The SMILES string of the molecule is C1CCNC1.O=S(=O)(NS(=O)(=O)C(F)(F)F)C(F)(F)F. The van der Waals surface area contributed by atoms with Crippen LogP contribution < -0.4 is 9.44 Å². The maximum absolute atomic E-state index is 11.5. The Bertz CT molecular complexity index is 455. The molecule has 1 rings (SSSR count). The average Bonchev–Trinajstić information content (AvgIpc) is 2.68. The van der Waals surface area contributed by atoms with Crippen molar-refractivity contribution in [2.75, 3.05) is 13.1 Å². The maximum Gasteiger partial charge on any atom is 0.512 e. The molecule has 0 spiro atoms. The van der Waals surface area contributed by atoms with Crippen LogP contribution in [0.1, 0.15) is 12.8 Å². The van der Waals surface area contributed by atoms with Gasteiger partial charge in [-0.3, -0.25) is 0 Å². The van der Waals surface area contributed by atoms with E-state index in [1.165, 1.54) is 25.9 Å². The Kier molecular flexibility index (Phi) is 6.25. The predicted octanol–water partition coefficient (Wildman–Crippen LogP) is 0.645. The van der Waals surface area contributed by atoms with E-state index < -0.39 is 35.2 Å². The predicted molar refractivity (Wildman–Crippen MR) is 55.2 cm³/mol. The van der Waals surface area contributed by atoms with Crippen LogP contribution in [0.15, 0.2) is 0 Å². The maximum atomic E-state index is 11.5. The number of sulfonamides is 2. The summed E-state index contributed by atoms with van der Waals surface area (Å²) in [6.07, 6.45) is 2.78. The van der Waals surface area contributed by atoms with Crippen molar-refractivity contribution in [1.82, 2.24) is 9.44 Å². The Morgan fingerprint density at radius 2 is 1.05 bits per heavy atom. The minimum atomic E-state index is -6.60. The van der Waals surface area contributed by atoms with E-state index in [0.717, 1.165) is 0 Å². The molecule has 0 bridgehead atoms. The summed E-state index contributed by atoms with van der Waals surface area (Å²) in [7, 11) is -13.2. The summed E-state index contributed by atoms with van der Waals surface area (Å²) in [6, 6.07) is 0. The van der Waals surface area contributed by atoms with Crippen molar-refractivity contribution >= 4 is 20.0 Å². The molecule has 20 heavy (non-hydrogen) atoms. The Labute approximate surface area is 110 Å². The summed E-state index contributed by atoms with van der Waals surface area (Å²) in [5, 5.41) is 3.22. The van der Waals surface area contributed by atoms with Crippen molar-refractivity contribution in [3.63, 3.8) is 0 Å². The molecule has 1 aliphatic rings. The standard InChI is InChI=1S/C4H9N.C2HF6NO4S2/c1-2-4-5-3-1;3-1(4,5)14(10,11)9-15(12,13)2(6,7)8/h5H,1-4H2;9H. The van der Waals surface area contributed by atoms with Gasteiger partial charge in [0.1, 0.15) is 0 Å². The summed E-state index contributed by atoms with van der Waals surface area (Å²) in [5.41, 5.74) is -12.3. The molecule has 6 nitrogen and oxygen atoms in total. The second-order valence-corrected chi connectivity index (χ2v) is 7.05. The molecule has 14 heteroatoms. The molecule has 0 aromatic heterocycles. The third kappa shape index (κ3) is 5.80. The minimum Gasteiger partial charge on any atom is -0.317 e. The third-order valence-corrected chi connectivity index (χ3v) is 4.76. The molecule has 0 radical (unpaired) electrons. The highest BCUT2D eigenvalue weighted by molar-refractivity contribution is 8.05. The fraction of sp³-hybridized carbons (Fsp3) is 1.00. The molecule has 0 unspecified atom stereocenters. The lowest BCUT2D eigenvalue weighted by molar-refractivity contribution is -0.0476. The Morgan fingerprint density at radius 3 is 1.20 bits per heavy atom. The molecule has 0 aliphatic carbocycles. The van der Waals surface area contributed by atoms with Crippen LogP contribution in [0.4, 0.5) is 26.3 Å². The topological polar surface area (TPSA) is 92.3 Å². The first-order valence-corrected chi connectivity index (χ1v) is 7.79. The van der Waals surface area contributed by atoms with Crippen LogP contribution in [-0.4, -0.2) is 40.9 Å². The molecular formula is C6H10F6N2O4S2. The second-order valence-electron chi connectivity index (χ2n) is 3.44. The molecule has 0 aromatic carbocycles. The van der Waals surface area contributed by atoms with Crippen LogP contribution in [0.2, 0.25) is 0 Å². The zero-order valence-electron chi connectivity index (χ0n) is 9.55. The third-order valence-electron chi connectivity index (χ3n) is 1.79. The van der Waals surface area contributed by atoms with E-state index in [4.69, 9.17) is 0 Å². The molecule has 1 saturated heterocycles. The highest BCUT2D eigenvalue weighted by Crippen LogP contribution is 2.27. The monoisotopic (exact) mass is 352 g/mol. The number of halogens is 6. The number of hydrogen-bond donors (Lipinski definition) is 2. The number of hydrogen-bond acceptors (Lipinski definition) is 5. The van der Waals surface area contributed by atoms with Gasteiger partial charge >= 0.3 is 31.1 Å². The second kappa shape index (κ2) is 6.44. The van der Waals surface area contributed by atoms with Crippen molar-refractivity contribution in [1.29, 1.82) is 0 Å². The summed E-state index contributed by atoms with van der Waals surface area (Å²) in [6.45, 7) is 2.50. The van der Waals surface area contributed by atoms with Crippen LogP contribution in [-0.2, 0) is 20.0 Å². The van der Waals surface area contributed by atoms with Crippen LogP contribution in [0, 0.1) is 0 Å². The first-order chi connectivity index (χ1) is 8.71. The smallest absolute Gasteiger partial charge is 0.317 e. The molecule has 0 amide bonds. The van der Waals surface area contributed by atoms with Crippen molar-refractivity contribution in [2.45, 2.75) is 23.9 Å². The summed E-state index contributed by atoms with van der Waals surface area (Å²) in [4.78, 5) is 0. The highest BCUT2D eigenvalue weighted by atomic mass is 32.3. The van der Waals surface area contributed by atoms with Gasteiger partial charge in [-0.25, -0.2) is 16.8 Å². The van der Waals surface area contributed by atoms with Crippen molar-refractivity contribution in [2.24, 2.45) is 0 Å². The van der Waals surface area contributed by atoms with Gasteiger partial charge < -0.3 is 5.32 Å². The molecule has 1 fully saturated rings. The fourth-order valence-corrected chi connectivity index (χ4v) is 2.78. The molecule has 0 saturated carbocycles. The van der Waals surface area contributed by atoms with Crippen LogP contribution >= 0.6 is 0 Å². The van der Waals surface area contributed by atoms with Crippen molar-refractivity contribution in [3.8, 4) is 0 Å². The van der Waals surface area contributed by atoms with Gasteiger partial charge in [-0.15, -0.1) is 0 Å². The van der Waals surface area contributed by atoms with E-state index >= 15 is 0 Å². The van der Waals surface area contributed by atoms with Crippen molar-refractivity contribution in [3.05, 3.63) is 0 Å². The lowest BCUT2D eigenvalue weighted by atomic mass is 10.4. The Morgan fingerprint density at radius 1 is 0.750 bits per heavy atom. The van der Waals surface area contributed by atoms with E-state index in [1.807, 2.05) is 0 Å². The van der Waals surface area contributed by atoms with Crippen LogP contribution in [0.5, 0.6) is 0 Å². The lowest BCUT2D eigenvalue weighted by Crippen LogP contribution is -2.45. The Balaban J connectivity index is 0.000000595. The normalized spacial score (nSPS) is 17.5.